The molecule has 7 heteroatoms. The SMILES string of the molecule is CCC(=O)/C(=C/c1cc(Cl)cc(Cl)c1)C(=O)C(F)(F)F. The second-order valence-corrected chi connectivity index (χ2v) is 4.74. The van der Waals surface area contributed by atoms with Gasteiger partial charge in [-0.2, -0.15) is 13.2 Å². The van der Waals surface area contributed by atoms with E-state index >= 15 is 0 Å². The third kappa shape index (κ3) is 4.35. The van der Waals surface area contributed by atoms with E-state index in [1.165, 1.54) is 25.1 Å². The van der Waals surface area contributed by atoms with Gasteiger partial charge in [-0.25, -0.2) is 0 Å². The third-order valence-electron chi connectivity index (χ3n) is 2.32. The van der Waals surface area contributed by atoms with E-state index in [0.717, 1.165) is 6.08 Å². The molecule has 0 spiro atoms. The summed E-state index contributed by atoms with van der Waals surface area (Å²) in [7, 11) is 0. The second-order valence-electron chi connectivity index (χ2n) is 3.86. The number of halogens is 5. The maximum atomic E-state index is 12.5. The average Bonchev–Trinajstić information content (AvgIpc) is 2.32. The van der Waals surface area contributed by atoms with Crippen molar-refractivity contribution in [1.82, 2.24) is 0 Å². The van der Waals surface area contributed by atoms with Crippen molar-refractivity contribution in [2.24, 2.45) is 0 Å². The van der Waals surface area contributed by atoms with Crippen LogP contribution < -0.4 is 0 Å². The molecule has 0 aromatic heterocycles. The summed E-state index contributed by atoms with van der Waals surface area (Å²) in [6.45, 7) is 1.37. The molecule has 2 nitrogen and oxygen atoms in total. The molecule has 0 aliphatic heterocycles. The summed E-state index contributed by atoms with van der Waals surface area (Å²) in [4.78, 5) is 22.8. The minimum Gasteiger partial charge on any atom is -0.294 e. The highest BCUT2D eigenvalue weighted by molar-refractivity contribution is 6.35. The van der Waals surface area contributed by atoms with Crippen molar-refractivity contribution in [3.05, 3.63) is 39.4 Å². The van der Waals surface area contributed by atoms with Gasteiger partial charge < -0.3 is 0 Å². The Kier molecular flexibility index (Phi) is 5.36. The van der Waals surface area contributed by atoms with Gasteiger partial charge in [-0.15, -0.1) is 0 Å². The lowest BCUT2D eigenvalue weighted by molar-refractivity contribution is -0.167. The molecule has 1 aromatic rings. The maximum Gasteiger partial charge on any atom is 0.455 e. The van der Waals surface area contributed by atoms with Gasteiger partial charge >= 0.3 is 6.18 Å². The molecule has 0 atom stereocenters. The molecular formula is C13H9Cl2F3O2. The molecule has 0 unspecified atom stereocenters. The van der Waals surface area contributed by atoms with Crippen molar-refractivity contribution in [2.45, 2.75) is 19.5 Å². The van der Waals surface area contributed by atoms with Gasteiger partial charge in [0.2, 0.25) is 0 Å². The Hall–Kier alpha value is -1.33. The second kappa shape index (κ2) is 6.41. The number of carbonyl (C=O) groups is 2. The van der Waals surface area contributed by atoms with Gasteiger partial charge in [0.1, 0.15) is 0 Å². The van der Waals surface area contributed by atoms with Crippen molar-refractivity contribution in [3.63, 3.8) is 0 Å². The molecular weight excluding hydrogens is 316 g/mol. The summed E-state index contributed by atoms with van der Waals surface area (Å²) in [6, 6.07) is 3.99. The molecule has 0 radical (unpaired) electrons. The number of rotatable bonds is 4. The summed E-state index contributed by atoms with van der Waals surface area (Å²) >= 11 is 11.4. The topological polar surface area (TPSA) is 34.1 Å². The molecule has 0 heterocycles. The van der Waals surface area contributed by atoms with Crippen LogP contribution in [0, 0.1) is 0 Å². The predicted octanol–water partition coefficient (Wildman–Crippen LogP) is 4.49. The van der Waals surface area contributed by atoms with Crippen LogP contribution >= 0.6 is 23.2 Å². The first-order chi connectivity index (χ1) is 9.15. The van der Waals surface area contributed by atoms with E-state index in [9.17, 15) is 22.8 Å². The first-order valence-electron chi connectivity index (χ1n) is 5.47. The van der Waals surface area contributed by atoms with Crippen LogP contribution in [-0.2, 0) is 9.59 Å². The summed E-state index contributed by atoms with van der Waals surface area (Å²) in [5, 5.41) is 0.373. The zero-order chi connectivity index (χ0) is 15.5. The lowest BCUT2D eigenvalue weighted by atomic mass is 10.0. The van der Waals surface area contributed by atoms with Crippen LogP contribution in [0.25, 0.3) is 6.08 Å². The highest BCUT2D eigenvalue weighted by Gasteiger charge is 2.42. The zero-order valence-corrected chi connectivity index (χ0v) is 11.7. The van der Waals surface area contributed by atoms with E-state index in [-0.39, 0.29) is 22.0 Å². The van der Waals surface area contributed by atoms with Crippen molar-refractivity contribution < 1.29 is 22.8 Å². The van der Waals surface area contributed by atoms with Crippen LogP contribution in [0.2, 0.25) is 10.0 Å². The van der Waals surface area contributed by atoms with Crippen molar-refractivity contribution in [3.8, 4) is 0 Å². The summed E-state index contributed by atoms with van der Waals surface area (Å²) in [5.74, 6) is -3.08. The number of carbonyl (C=O) groups excluding carboxylic acids is 2. The highest BCUT2D eigenvalue weighted by Crippen LogP contribution is 2.25. The quantitative estimate of drug-likeness (QED) is 0.464. The van der Waals surface area contributed by atoms with Crippen LogP contribution in [0.5, 0.6) is 0 Å². The fourth-order valence-corrected chi connectivity index (χ4v) is 1.98. The summed E-state index contributed by atoms with van der Waals surface area (Å²) in [6.07, 6.45) is -4.49. The summed E-state index contributed by atoms with van der Waals surface area (Å²) < 4.78 is 37.4. The number of allylic oxidation sites excluding steroid dienone is 1. The average molecular weight is 325 g/mol. The van der Waals surface area contributed by atoms with Gasteiger partial charge in [-0.3, -0.25) is 9.59 Å². The van der Waals surface area contributed by atoms with Gasteiger partial charge in [0.15, 0.2) is 5.78 Å². The summed E-state index contributed by atoms with van der Waals surface area (Å²) in [5.41, 5.74) is -0.782. The molecule has 108 valence electrons. The van der Waals surface area contributed by atoms with Crippen molar-refractivity contribution >= 4 is 40.8 Å². The number of benzene rings is 1. The molecule has 0 aliphatic rings. The number of Topliss-reactive ketones (excluding diaryl/α,β-unsaturated/α-hetero) is 2. The van der Waals surface area contributed by atoms with Gasteiger partial charge in [0.05, 0.1) is 5.57 Å². The normalized spacial score (nSPS) is 12.4. The van der Waals surface area contributed by atoms with Gasteiger partial charge in [-0.05, 0) is 29.8 Å². The largest absolute Gasteiger partial charge is 0.455 e. The van der Waals surface area contributed by atoms with E-state index in [4.69, 9.17) is 23.2 Å². The smallest absolute Gasteiger partial charge is 0.294 e. The first-order valence-corrected chi connectivity index (χ1v) is 6.23. The Morgan fingerprint density at radius 1 is 1.15 bits per heavy atom. The van der Waals surface area contributed by atoms with Crippen LogP contribution in [0.3, 0.4) is 0 Å². The van der Waals surface area contributed by atoms with Crippen LogP contribution in [-0.4, -0.2) is 17.7 Å². The Morgan fingerprint density at radius 3 is 2.05 bits per heavy atom. The Morgan fingerprint density at radius 2 is 1.65 bits per heavy atom. The predicted molar refractivity (Wildman–Crippen MR) is 70.8 cm³/mol. The minimum absolute atomic E-state index is 0.150. The van der Waals surface area contributed by atoms with Gasteiger partial charge in [0.25, 0.3) is 5.78 Å². The number of ketones is 2. The van der Waals surface area contributed by atoms with Crippen LogP contribution in [0.4, 0.5) is 13.2 Å². The molecule has 0 saturated heterocycles. The van der Waals surface area contributed by atoms with E-state index in [1.807, 2.05) is 0 Å². The lowest BCUT2D eigenvalue weighted by Crippen LogP contribution is -2.28. The minimum atomic E-state index is -5.11. The zero-order valence-electron chi connectivity index (χ0n) is 10.2. The fraction of sp³-hybridized carbons (Fsp3) is 0.231. The molecule has 20 heavy (non-hydrogen) atoms. The first kappa shape index (κ1) is 16.7. The highest BCUT2D eigenvalue weighted by atomic mass is 35.5. The monoisotopic (exact) mass is 324 g/mol. The van der Waals surface area contributed by atoms with Gasteiger partial charge in [-0.1, -0.05) is 30.1 Å². The van der Waals surface area contributed by atoms with E-state index in [1.54, 1.807) is 0 Å². The standard InChI is InChI=1S/C13H9Cl2F3O2/c1-2-11(19)10(12(20)13(16,17)18)5-7-3-8(14)6-9(15)4-7/h3-6H,2H2,1H3/b10-5-. The Balaban J connectivity index is 3.33. The molecule has 0 bridgehead atoms. The number of hydrogen-bond donors (Lipinski definition) is 0. The van der Waals surface area contributed by atoms with Crippen molar-refractivity contribution in [1.29, 1.82) is 0 Å². The molecule has 0 amide bonds. The van der Waals surface area contributed by atoms with E-state index < -0.39 is 23.3 Å². The maximum absolute atomic E-state index is 12.5. The number of hydrogen-bond acceptors (Lipinski definition) is 2. The van der Waals surface area contributed by atoms with E-state index in [2.05, 4.69) is 0 Å². The molecule has 0 saturated carbocycles. The molecule has 0 N–H and O–H groups in total. The third-order valence-corrected chi connectivity index (χ3v) is 2.76. The van der Waals surface area contributed by atoms with Crippen LogP contribution in [0.15, 0.2) is 23.8 Å². The Labute approximate surface area is 123 Å². The Bertz CT molecular complexity index is 557. The molecule has 0 aliphatic carbocycles. The lowest BCUT2D eigenvalue weighted by Gasteiger charge is -2.08. The molecule has 1 aromatic carbocycles. The molecule has 1 rings (SSSR count). The fourth-order valence-electron chi connectivity index (χ4n) is 1.44. The molecule has 0 fully saturated rings. The van der Waals surface area contributed by atoms with Gasteiger partial charge in [0, 0.05) is 16.5 Å². The number of alkyl halides is 3. The van der Waals surface area contributed by atoms with E-state index in [0.29, 0.717) is 0 Å². The van der Waals surface area contributed by atoms with Crippen molar-refractivity contribution in [2.75, 3.05) is 0 Å². The van der Waals surface area contributed by atoms with Crippen LogP contribution in [0.1, 0.15) is 18.9 Å².